The molecule has 0 bridgehead atoms. The maximum atomic E-state index is 13.1. The summed E-state index contributed by atoms with van der Waals surface area (Å²) in [6, 6.07) is 8.78. The first-order valence-electron chi connectivity index (χ1n) is 9.71. The average molecular weight is 339 g/mol. The normalized spacial score (nSPS) is 26.6. The van der Waals surface area contributed by atoms with E-state index >= 15 is 0 Å². The maximum absolute atomic E-state index is 13.1. The number of nitrogens with one attached hydrogen (secondary N) is 2. The van der Waals surface area contributed by atoms with Crippen molar-refractivity contribution in [3.63, 3.8) is 0 Å². The fraction of sp³-hybridized carbons (Fsp3) is 0.571. The van der Waals surface area contributed by atoms with Crippen LogP contribution in [0.3, 0.4) is 0 Å². The van der Waals surface area contributed by atoms with Crippen molar-refractivity contribution >= 4 is 16.8 Å². The number of fused-ring (bicyclic) bond motifs is 3. The van der Waals surface area contributed by atoms with Crippen molar-refractivity contribution < 1.29 is 4.79 Å². The van der Waals surface area contributed by atoms with Crippen LogP contribution in [-0.4, -0.2) is 35.4 Å². The number of amides is 1. The first-order valence-corrected chi connectivity index (χ1v) is 9.71. The zero-order valence-corrected chi connectivity index (χ0v) is 15.3. The van der Waals surface area contributed by atoms with E-state index in [1.54, 1.807) is 0 Å². The molecular weight excluding hydrogens is 310 g/mol. The molecule has 1 amide bonds. The summed E-state index contributed by atoms with van der Waals surface area (Å²) >= 11 is 0. The molecule has 0 spiro atoms. The van der Waals surface area contributed by atoms with E-state index in [9.17, 15) is 4.79 Å². The van der Waals surface area contributed by atoms with E-state index in [0.29, 0.717) is 5.91 Å². The van der Waals surface area contributed by atoms with E-state index < -0.39 is 0 Å². The predicted molar refractivity (Wildman–Crippen MR) is 101 cm³/mol. The minimum Gasteiger partial charge on any atom is -0.357 e. The van der Waals surface area contributed by atoms with Crippen LogP contribution < -0.4 is 5.32 Å². The first-order chi connectivity index (χ1) is 12.2. The molecule has 2 aliphatic rings. The molecule has 2 heterocycles. The van der Waals surface area contributed by atoms with Gasteiger partial charge in [0.15, 0.2) is 0 Å². The molecule has 4 heteroatoms. The van der Waals surface area contributed by atoms with Crippen LogP contribution in [0, 0.1) is 11.8 Å². The van der Waals surface area contributed by atoms with Crippen LogP contribution >= 0.6 is 0 Å². The lowest BCUT2D eigenvalue weighted by Crippen LogP contribution is -2.46. The van der Waals surface area contributed by atoms with Gasteiger partial charge >= 0.3 is 0 Å². The molecule has 2 N–H and O–H groups in total. The van der Waals surface area contributed by atoms with Gasteiger partial charge in [0, 0.05) is 28.6 Å². The van der Waals surface area contributed by atoms with Gasteiger partial charge in [-0.25, -0.2) is 0 Å². The summed E-state index contributed by atoms with van der Waals surface area (Å²) in [6.07, 6.45) is 5.41. The van der Waals surface area contributed by atoms with E-state index in [0.717, 1.165) is 38.3 Å². The van der Waals surface area contributed by atoms with E-state index in [1.165, 1.54) is 35.0 Å². The van der Waals surface area contributed by atoms with Crippen molar-refractivity contribution in [3.8, 4) is 0 Å². The van der Waals surface area contributed by atoms with Crippen LogP contribution in [0.4, 0.5) is 0 Å². The molecule has 4 nitrogen and oxygen atoms in total. The van der Waals surface area contributed by atoms with Gasteiger partial charge in [-0.15, -0.1) is 0 Å². The molecule has 4 rings (SSSR count). The summed E-state index contributed by atoms with van der Waals surface area (Å²) in [5.74, 6) is 1.34. The number of hydrogen-bond donors (Lipinski definition) is 2. The van der Waals surface area contributed by atoms with E-state index in [4.69, 9.17) is 0 Å². The zero-order valence-electron chi connectivity index (χ0n) is 15.3. The third-order valence-electron chi connectivity index (χ3n) is 6.23. The van der Waals surface area contributed by atoms with Crippen molar-refractivity contribution in [1.82, 2.24) is 15.2 Å². The zero-order chi connectivity index (χ0) is 17.4. The number of benzene rings is 1. The Morgan fingerprint density at radius 3 is 2.76 bits per heavy atom. The number of H-pyrrole nitrogens is 1. The van der Waals surface area contributed by atoms with Gasteiger partial charge in [0.1, 0.15) is 0 Å². The van der Waals surface area contributed by atoms with Crippen LogP contribution in [-0.2, 0) is 17.8 Å². The van der Waals surface area contributed by atoms with Gasteiger partial charge in [-0.05, 0) is 70.2 Å². The average Bonchev–Trinajstić information content (AvgIpc) is 2.99. The van der Waals surface area contributed by atoms with Gasteiger partial charge in [0.2, 0.25) is 5.91 Å². The molecule has 0 unspecified atom stereocenters. The van der Waals surface area contributed by atoms with Crippen LogP contribution in [0.1, 0.15) is 43.9 Å². The molecule has 1 aromatic heterocycles. The number of carbonyl (C=O) groups excluding carboxylic acids is 1. The van der Waals surface area contributed by atoms with Gasteiger partial charge in [0.05, 0.1) is 6.54 Å². The number of hydrogen-bond acceptors (Lipinski definition) is 2. The predicted octanol–water partition coefficient (Wildman–Crippen LogP) is 3.47. The smallest absolute Gasteiger partial charge is 0.226 e. The van der Waals surface area contributed by atoms with Crippen LogP contribution in [0.25, 0.3) is 10.9 Å². The first kappa shape index (κ1) is 16.6. The van der Waals surface area contributed by atoms with Gasteiger partial charge in [-0.2, -0.15) is 0 Å². The van der Waals surface area contributed by atoms with Crippen LogP contribution in [0.5, 0.6) is 0 Å². The van der Waals surface area contributed by atoms with Crippen molar-refractivity contribution in [2.24, 2.45) is 11.8 Å². The monoisotopic (exact) mass is 339 g/mol. The largest absolute Gasteiger partial charge is 0.357 e. The molecule has 1 atom stereocenters. The molecule has 134 valence electrons. The minimum atomic E-state index is 0.224. The number of aromatic amines is 1. The Hall–Kier alpha value is -1.81. The Labute approximate surface area is 150 Å². The summed E-state index contributed by atoms with van der Waals surface area (Å²) < 4.78 is 0. The highest BCUT2D eigenvalue weighted by Gasteiger charge is 2.34. The van der Waals surface area contributed by atoms with Crippen molar-refractivity contribution in [2.75, 3.05) is 13.6 Å². The highest BCUT2D eigenvalue weighted by molar-refractivity contribution is 5.86. The summed E-state index contributed by atoms with van der Waals surface area (Å²) in [6.45, 7) is 4.02. The molecule has 1 aromatic carbocycles. The van der Waals surface area contributed by atoms with Gasteiger partial charge in [-0.1, -0.05) is 18.2 Å². The number of carbonyl (C=O) groups is 1. The Bertz CT molecular complexity index is 758. The summed E-state index contributed by atoms with van der Waals surface area (Å²) in [5.41, 5.74) is 3.84. The van der Waals surface area contributed by atoms with Crippen molar-refractivity contribution in [2.45, 2.75) is 51.6 Å². The molecule has 0 saturated heterocycles. The maximum Gasteiger partial charge on any atom is 0.226 e. The van der Waals surface area contributed by atoms with Gasteiger partial charge < -0.3 is 15.2 Å². The second kappa shape index (κ2) is 6.83. The molecule has 25 heavy (non-hydrogen) atoms. The second-order valence-electron chi connectivity index (χ2n) is 7.92. The summed E-state index contributed by atoms with van der Waals surface area (Å²) in [7, 11) is 2.02. The van der Waals surface area contributed by atoms with Gasteiger partial charge in [-0.3, -0.25) is 4.79 Å². The second-order valence-corrected chi connectivity index (χ2v) is 7.92. The number of aromatic nitrogens is 1. The Kier molecular flexibility index (Phi) is 4.55. The number of nitrogens with zero attached hydrogens (tertiary/aromatic N) is 1. The molecule has 1 aliphatic heterocycles. The highest BCUT2D eigenvalue weighted by Crippen LogP contribution is 2.34. The van der Waals surface area contributed by atoms with E-state index in [2.05, 4.69) is 46.4 Å². The van der Waals surface area contributed by atoms with Crippen molar-refractivity contribution in [3.05, 3.63) is 35.5 Å². The van der Waals surface area contributed by atoms with E-state index in [1.807, 2.05) is 7.05 Å². The van der Waals surface area contributed by atoms with Gasteiger partial charge in [0.25, 0.3) is 0 Å². The minimum absolute atomic E-state index is 0.224. The lowest BCUT2D eigenvalue weighted by molar-refractivity contribution is -0.140. The Morgan fingerprint density at radius 2 is 2.00 bits per heavy atom. The van der Waals surface area contributed by atoms with Crippen LogP contribution in [0.15, 0.2) is 24.3 Å². The fourth-order valence-electron chi connectivity index (χ4n) is 4.79. The van der Waals surface area contributed by atoms with E-state index in [-0.39, 0.29) is 12.0 Å². The number of para-hydroxylation sites is 1. The third-order valence-corrected chi connectivity index (χ3v) is 6.23. The highest BCUT2D eigenvalue weighted by atomic mass is 16.2. The van der Waals surface area contributed by atoms with Crippen LogP contribution in [0.2, 0.25) is 0 Å². The molecule has 1 fully saturated rings. The lowest BCUT2D eigenvalue weighted by Gasteiger charge is -2.38. The third kappa shape index (κ3) is 3.08. The molecule has 2 aromatic rings. The quantitative estimate of drug-likeness (QED) is 0.899. The molecular formula is C21H29N3O. The van der Waals surface area contributed by atoms with Crippen molar-refractivity contribution in [1.29, 1.82) is 0 Å². The summed E-state index contributed by atoms with van der Waals surface area (Å²) in [5, 5.41) is 4.60. The molecule has 0 radical (unpaired) electrons. The SMILES string of the molecule is CNC[C@H]1CC[C@H](C(=O)N2Cc3[nH]c4ccccc4c3C[C@H]2C)CC1. The topological polar surface area (TPSA) is 48.1 Å². The molecule has 1 aliphatic carbocycles. The Balaban J connectivity index is 1.49. The Morgan fingerprint density at radius 1 is 1.24 bits per heavy atom. The fourth-order valence-corrected chi connectivity index (χ4v) is 4.79. The standard InChI is InChI=1S/C21H29N3O/c1-14-11-18-17-5-3-4-6-19(17)23-20(18)13-24(14)21(25)16-9-7-15(8-10-16)12-22-2/h3-6,14-16,22-23H,7-13H2,1-2H3/t14-,15-,16-/m1/s1. The number of rotatable bonds is 3. The molecule has 1 saturated carbocycles. The lowest BCUT2D eigenvalue weighted by atomic mass is 9.80. The summed E-state index contributed by atoms with van der Waals surface area (Å²) in [4.78, 5) is 18.8.